The van der Waals surface area contributed by atoms with E-state index in [1.807, 2.05) is 0 Å². The van der Waals surface area contributed by atoms with Gasteiger partial charge < -0.3 is 9.73 Å². The van der Waals surface area contributed by atoms with Gasteiger partial charge in [-0.1, -0.05) is 40.0 Å². The zero-order valence-electron chi connectivity index (χ0n) is 12.5. The maximum absolute atomic E-state index is 5.88. The van der Waals surface area contributed by atoms with E-state index in [0.29, 0.717) is 6.04 Å². The van der Waals surface area contributed by atoms with Crippen molar-refractivity contribution in [1.29, 1.82) is 0 Å². The van der Waals surface area contributed by atoms with Gasteiger partial charge in [0.15, 0.2) is 0 Å². The minimum atomic E-state index is 0.125. The van der Waals surface area contributed by atoms with Crippen molar-refractivity contribution in [2.24, 2.45) is 0 Å². The van der Waals surface area contributed by atoms with Crippen LogP contribution in [0, 0.1) is 0 Å². The van der Waals surface area contributed by atoms with Gasteiger partial charge in [-0.05, 0) is 25.8 Å². The summed E-state index contributed by atoms with van der Waals surface area (Å²) in [5.41, 5.74) is 0.125. The molecule has 1 fully saturated rings. The van der Waals surface area contributed by atoms with Crippen molar-refractivity contribution in [2.75, 3.05) is 6.54 Å². The highest BCUT2D eigenvalue weighted by Gasteiger charge is 2.34. The lowest BCUT2D eigenvalue weighted by atomic mass is 9.76. The van der Waals surface area contributed by atoms with Crippen molar-refractivity contribution in [3.05, 3.63) is 11.8 Å². The summed E-state index contributed by atoms with van der Waals surface area (Å²) in [7, 11) is 0. The van der Waals surface area contributed by atoms with Crippen molar-refractivity contribution in [1.82, 2.24) is 15.5 Å². The molecule has 108 valence electrons. The average molecular weight is 265 g/mol. The first-order chi connectivity index (χ1) is 9.10. The maximum atomic E-state index is 5.88. The molecule has 4 heteroatoms. The second-order valence-electron chi connectivity index (χ2n) is 6.33. The minimum absolute atomic E-state index is 0.125. The van der Waals surface area contributed by atoms with E-state index in [0.717, 1.165) is 31.2 Å². The maximum Gasteiger partial charge on any atom is 0.222 e. The summed E-state index contributed by atoms with van der Waals surface area (Å²) in [6, 6.07) is 0.541. The molecule has 1 heterocycles. The van der Waals surface area contributed by atoms with Crippen LogP contribution in [0.5, 0.6) is 0 Å². The van der Waals surface area contributed by atoms with Gasteiger partial charge in [-0.25, -0.2) is 0 Å². The number of hydrogen-bond donors (Lipinski definition) is 1. The first-order valence-electron chi connectivity index (χ1n) is 7.66. The zero-order valence-corrected chi connectivity index (χ0v) is 12.5. The highest BCUT2D eigenvalue weighted by Crippen LogP contribution is 2.38. The predicted molar refractivity (Wildman–Crippen MR) is 76.2 cm³/mol. The first kappa shape index (κ1) is 14.5. The molecule has 0 saturated heterocycles. The van der Waals surface area contributed by atoms with E-state index in [2.05, 4.69) is 36.3 Å². The Labute approximate surface area is 116 Å². The molecule has 0 atom stereocenters. The fraction of sp³-hybridized carbons (Fsp3) is 0.867. The molecule has 0 bridgehead atoms. The van der Waals surface area contributed by atoms with Gasteiger partial charge >= 0.3 is 0 Å². The molecule has 0 aromatic carbocycles. The van der Waals surface area contributed by atoms with Crippen LogP contribution in [0.2, 0.25) is 0 Å². The van der Waals surface area contributed by atoms with Crippen molar-refractivity contribution < 1.29 is 4.42 Å². The third-order valence-corrected chi connectivity index (χ3v) is 4.06. The summed E-state index contributed by atoms with van der Waals surface area (Å²) in [6.07, 6.45) is 8.21. The monoisotopic (exact) mass is 265 g/mol. The number of nitrogens with one attached hydrogen (secondary N) is 1. The van der Waals surface area contributed by atoms with Crippen LogP contribution >= 0.6 is 0 Å². The Kier molecular flexibility index (Phi) is 4.97. The van der Waals surface area contributed by atoms with E-state index in [1.54, 1.807) is 0 Å². The van der Waals surface area contributed by atoms with Crippen LogP contribution in [0.15, 0.2) is 4.42 Å². The van der Waals surface area contributed by atoms with Crippen LogP contribution in [0.1, 0.15) is 71.1 Å². The molecule has 1 saturated carbocycles. The van der Waals surface area contributed by atoms with E-state index in [1.165, 1.54) is 32.1 Å². The molecule has 1 aliphatic carbocycles. The molecule has 19 heavy (non-hydrogen) atoms. The summed E-state index contributed by atoms with van der Waals surface area (Å²) >= 11 is 0. The molecule has 1 aliphatic rings. The van der Waals surface area contributed by atoms with Crippen LogP contribution in [-0.4, -0.2) is 22.8 Å². The summed E-state index contributed by atoms with van der Waals surface area (Å²) in [4.78, 5) is 0. The smallest absolute Gasteiger partial charge is 0.222 e. The summed E-state index contributed by atoms with van der Waals surface area (Å²) < 4.78 is 5.88. The summed E-state index contributed by atoms with van der Waals surface area (Å²) in [5.74, 6) is 1.66. The highest BCUT2D eigenvalue weighted by atomic mass is 16.4. The highest BCUT2D eigenvalue weighted by molar-refractivity contribution is 5.03. The molecule has 0 amide bonds. The van der Waals surface area contributed by atoms with Crippen LogP contribution in [-0.2, 0) is 11.8 Å². The van der Waals surface area contributed by atoms with Gasteiger partial charge in [0.1, 0.15) is 0 Å². The molecule has 0 unspecified atom stereocenters. The number of aromatic nitrogens is 2. The van der Waals surface area contributed by atoms with E-state index in [9.17, 15) is 0 Å². The quantitative estimate of drug-likeness (QED) is 0.802. The zero-order chi connectivity index (χ0) is 13.7. The van der Waals surface area contributed by atoms with Gasteiger partial charge in [-0.3, -0.25) is 0 Å². The van der Waals surface area contributed by atoms with Crippen molar-refractivity contribution in [3.63, 3.8) is 0 Å². The number of nitrogens with zero attached hydrogens (tertiary/aromatic N) is 2. The number of rotatable bonds is 6. The molecule has 1 N–H and O–H groups in total. The largest absolute Gasteiger partial charge is 0.425 e. The molecule has 0 spiro atoms. The molecule has 1 aromatic rings. The van der Waals surface area contributed by atoms with Crippen LogP contribution < -0.4 is 5.32 Å². The lowest BCUT2D eigenvalue weighted by Gasteiger charge is -2.29. The predicted octanol–water partition coefficient (Wildman–Crippen LogP) is 3.22. The third-order valence-electron chi connectivity index (χ3n) is 4.06. The minimum Gasteiger partial charge on any atom is -0.425 e. The molecule has 0 aliphatic heterocycles. The van der Waals surface area contributed by atoms with Gasteiger partial charge in [-0.15, -0.1) is 10.2 Å². The van der Waals surface area contributed by atoms with E-state index in [-0.39, 0.29) is 5.41 Å². The number of aryl methyl sites for hydroxylation is 1. The topological polar surface area (TPSA) is 51.0 Å². The van der Waals surface area contributed by atoms with Gasteiger partial charge in [-0.2, -0.15) is 0 Å². The fourth-order valence-corrected chi connectivity index (χ4v) is 2.77. The average Bonchev–Trinajstić information content (AvgIpc) is 2.85. The Morgan fingerprint density at radius 1 is 1.21 bits per heavy atom. The molecular weight excluding hydrogens is 238 g/mol. The summed E-state index contributed by atoms with van der Waals surface area (Å²) in [6.45, 7) is 7.60. The Balaban J connectivity index is 1.84. The van der Waals surface area contributed by atoms with Crippen molar-refractivity contribution in [2.45, 2.75) is 77.2 Å². The molecule has 0 radical (unpaired) electrons. The van der Waals surface area contributed by atoms with E-state index < -0.39 is 0 Å². The van der Waals surface area contributed by atoms with Gasteiger partial charge in [0.2, 0.25) is 11.8 Å². The van der Waals surface area contributed by atoms with E-state index in [4.69, 9.17) is 4.42 Å². The Morgan fingerprint density at radius 3 is 2.63 bits per heavy atom. The molecule has 2 rings (SSSR count). The Hall–Kier alpha value is -0.900. The Bertz CT molecular complexity index is 380. The second-order valence-corrected chi connectivity index (χ2v) is 6.33. The lowest BCUT2D eigenvalue weighted by Crippen LogP contribution is -2.25. The fourth-order valence-electron chi connectivity index (χ4n) is 2.77. The number of hydrogen-bond acceptors (Lipinski definition) is 4. The summed E-state index contributed by atoms with van der Waals surface area (Å²) in [5, 5.41) is 11.9. The lowest BCUT2D eigenvalue weighted by molar-refractivity contribution is 0.251. The van der Waals surface area contributed by atoms with Crippen LogP contribution in [0.4, 0.5) is 0 Å². The van der Waals surface area contributed by atoms with Crippen LogP contribution in [0.3, 0.4) is 0 Å². The van der Waals surface area contributed by atoms with Gasteiger partial charge in [0.25, 0.3) is 0 Å². The first-order valence-corrected chi connectivity index (χ1v) is 7.66. The van der Waals surface area contributed by atoms with Crippen molar-refractivity contribution >= 4 is 0 Å². The Morgan fingerprint density at radius 2 is 1.95 bits per heavy atom. The normalized spacial score (nSPS) is 18.9. The molecule has 1 aromatic heterocycles. The SMILES string of the molecule is CC(C)NCCCc1nnc(C2(C)CCCCC2)o1. The van der Waals surface area contributed by atoms with Crippen LogP contribution in [0.25, 0.3) is 0 Å². The van der Waals surface area contributed by atoms with Gasteiger partial charge in [0, 0.05) is 17.9 Å². The standard InChI is InChI=1S/C15H27N3O/c1-12(2)16-11-7-8-13-17-18-14(19-13)15(3)9-5-4-6-10-15/h12,16H,4-11H2,1-3H3. The third kappa shape index (κ3) is 4.03. The van der Waals surface area contributed by atoms with Gasteiger partial charge in [0.05, 0.1) is 0 Å². The van der Waals surface area contributed by atoms with E-state index >= 15 is 0 Å². The second kappa shape index (κ2) is 6.51. The van der Waals surface area contributed by atoms with Crippen molar-refractivity contribution in [3.8, 4) is 0 Å². The molecular formula is C15H27N3O. The molecule has 4 nitrogen and oxygen atoms in total.